The average molecular weight is 578 g/mol. The van der Waals surface area contributed by atoms with E-state index in [0.29, 0.717) is 17.9 Å². The van der Waals surface area contributed by atoms with Crippen LogP contribution in [0.15, 0.2) is 54.2 Å². The molecule has 0 aliphatic rings. The number of carbonyl (C=O) groups excluding carboxylic acids is 2. The molecule has 0 fully saturated rings. The molecule has 0 bridgehead atoms. The summed E-state index contributed by atoms with van der Waals surface area (Å²) in [7, 11) is 0. The van der Waals surface area contributed by atoms with Gasteiger partial charge in [0.25, 0.3) is 0 Å². The van der Waals surface area contributed by atoms with Crippen molar-refractivity contribution in [3.63, 3.8) is 0 Å². The van der Waals surface area contributed by atoms with E-state index in [0.717, 1.165) is 36.2 Å². The second kappa shape index (κ2) is 18.4. The van der Waals surface area contributed by atoms with Gasteiger partial charge in [0, 0.05) is 16.8 Å². The third-order valence-corrected chi connectivity index (χ3v) is 8.22. The molecule has 0 saturated heterocycles. The number of aromatic nitrogens is 1. The van der Waals surface area contributed by atoms with Gasteiger partial charge in [-0.25, -0.2) is 0 Å². The fourth-order valence-corrected chi connectivity index (χ4v) is 5.79. The van der Waals surface area contributed by atoms with Gasteiger partial charge in [0.1, 0.15) is 5.75 Å². The Balaban J connectivity index is 1.45. The van der Waals surface area contributed by atoms with Crippen LogP contribution < -0.4 is 14.6 Å². The summed E-state index contributed by atoms with van der Waals surface area (Å²) in [5.74, 6) is 0.374. The highest BCUT2D eigenvalue weighted by Crippen LogP contribution is 2.26. The van der Waals surface area contributed by atoms with E-state index in [-0.39, 0.29) is 18.1 Å². The second-order valence-electron chi connectivity index (χ2n) is 11.1. The van der Waals surface area contributed by atoms with Crippen LogP contribution in [-0.2, 0) is 17.8 Å². The summed E-state index contributed by atoms with van der Waals surface area (Å²) in [6, 6.07) is 13.4. The van der Waals surface area contributed by atoms with Crippen LogP contribution in [0.25, 0.3) is 0 Å². The van der Waals surface area contributed by atoms with E-state index in [9.17, 15) is 9.59 Å². The van der Waals surface area contributed by atoms with Gasteiger partial charge in [-0.1, -0.05) is 113 Å². The summed E-state index contributed by atoms with van der Waals surface area (Å²) in [6.45, 7) is 7.22. The van der Waals surface area contributed by atoms with Gasteiger partial charge in [0.05, 0.1) is 23.5 Å². The monoisotopic (exact) mass is 577 g/mol. The van der Waals surface area contributed by atoms with Gasteiger partial charge >= 0.3 is 0 Å². The van der Waals surface area contributed by atoms with Gasteiger partial charge in [-0.2, -0.15) is 4.57 Å². The van der Waals surface area contributed by atoms with Crippen molar-refractivity contribution < 1.29 is 18.9 Å². The van der Waals surface area contributed by atoms with Crippen LogP contribution in [0.3, 0.4) is 0 Å². The zero-order valence-electron chi connectivity index (χ0n) is 25.4. The predicted octanol–water partition coefficient (Wildman–Crippen LogP) is 8.86. The Kier molecular flexibility index (Phi) is 14.6. The van der Waals surface area contributed by atoms with Crippen LogP contribution in [-0.4, -0.2) is 18.3 Å². The van der Waals surface area contributed by atoms with E-state index in [4.69, 9.17) is 4.74 Å². The number of hydrogen-bond acceptors (Lipinski definition) is 4. The topological polar surface area (TPSA) is 59.3 Å². The SMILES string of the molecule is CCCCCCCCCCCCCCOc1c(CC(=O)Nc2cccc(C[n+]3csc(C)c3)c2)cccc1C(C)=O. The van der Waals surface area contributed by atoms with Crippen LogP contribution in [0, 0.1) is 6.92 Å². The number of Topliss-reactive ketones (excluding diaryl/α,β-unsaturated/α-hetero) is 1. The maximum Gasteiger partial charge on any atom is 0.228 e. The molecule has 0 atom stereocenters. The summed E-state index contributed by atoms with van der Waals surface area (Å²) < 4.78 is 8.30. The molecule has 1 amide bonds. The van der Waals surface area contributed by atoms with E-state index in [1.54, 1.807) is 24.3 Å². The fourth-order valence-electron chi connectivity index (χ4n) is 5.15. The van der Waals surface area contributed by atoms with E-state index >= 15 is 0 Å². The third-order valence-electron chi connectivity index (χ3n) is 7.37. The van der Waals surface area contributed by atoms with Crippen LogP contribution in [0.2, 0.25) is 0 Å². The Morgan fingerprint density at radius 3 is 2.17 bits per heavy atom. The van der Waals surface area contributed by atoms with Crippen molar-refractivity contribution >= 4 is 28.7 Å². The van der Waals surface area contributed by atoms with Gasteiger partial charge in [0.15, 0.2) is 18.5 Å². The highest BCUT2D eigenvalue weighted by Gasteiger charge is 2.16. The smallest absolute Gasteiger partial charge is 0.228 e. The van der Waals surface area contributed by atoms with E-state index < -0.39 is 0 Å². The lowest BCUT2D eigenvalue weighted by molar-refractivity contribution is -0.683. The molecule has 2 aromatic carbocycles. The quantitative estimate of drug-likeness (QED) is 0.0829. The van der Waals surface area contributed by atoms with Crippen molar-refractivity contribution in [1.29, 1.82) is 0 Å². The standard InChI is InChI=1S/C35H48N2O3S/c1-4-5-6-7-8-9-10-11-12-13-14-15-22-40-35-31(19-17-21-33(35)29(3)38)24-34(39)36-32-20-16-18-30(23-32)26-37-25-28(2)41-27-37/h16-21,23,25,27H,4-15,22,24,26H2,1-3H3/p+1. The number of nitrogens with zero attached hydrogens (tertiary/aromatic N) is 1. The van der Waals surface area contributed by atoms with Crippen molar-refractivity contribution in [2.45, 2.75) is 111 Å². The van der Waals surface area contributed by atoms with Gasteiger partial charge in [-0.15, -0.1) is 0 Å². The molecule has 0 aliphatic heterocycles. The number of ether oxygens (including phenoxy) is 1. The zero-order valence-corrected chi connectivity index (χ0v) is 26.2. The van der Waals surface area contributed by atoms with E-state index in [1.165, 1.54) is 69.1 Å². The lowest BCUT2D eigenvalue weighted by Crippen LogP contribution is -2.30. The number of benzene rings is 2. The largest absolute Gasteiger partial charge is 0.493 e. The lowest BCUT2D eigenvalue weighted by Gasteiger charge is -2.15. The summed E-state index contributed by atoms with van der Waals surface area (Å²) in [4.78, 5) is 26.6. The first-order chi connectivity index (χ1) is 20.0. The van der Waals surface area contributed by atoms with Crippen molar-refractivity contribution in [1.82, 2.24) is 0 Å². The summed E-state index contributed by atoms with van der Waals surface area (Å²) >= 11 is 1.72. The molecule has 222 valence electrons. The van der Waals surface area contributed by atoms with E-state index in [1.807, 2.05) is 30.3 Å². The van der Waals surface area contributed by atoms with E-state index in [2.05, 4.69) is 41.5 Å². The molecular weight excluding hydrogens is 528 g/mol. The minimum atomic E-state index is -0.128. The Labute approximate surface area is 251 Å². The molecule has 5 nitrogen and oxygen atoms in total. The van der Waals surface area contributed by atoms with Gasteiger partial charge in [-0.05, 0) is 38.5 Å². The first-order valence-electron chi connectivity index (χ1n) is 15.5. The number of unbranched alkanes of at least 4 members (excludes halogenated alkanes) is 11. The molecule has 3 rings (SSSR count). The number of hydrogen-bond donors (Lipinski definition) is 1. The Hall–Kier alpha value is -2.99. The molecule has 0 saturated carbocycles. The lowest BCUT2D eigenvalue weighted by atomic mass is 10.0. The number of amides is 1. The summed E-state index contributed by atoms with van der Waals surface area (Å²) in [6.07, 6.45) is 17.7. The third kappa shape index (κ3) is 12.2. The Morgan fingerprint density at radius 2 is 1.54 bits per heavy atom. The van der Waals surface area contributed by atoms with Gasteiger partial charge in [-0.3, -0.25) is 9.59 Å². The van der Waals surface area contributed by atoms with Crippen molar-refractivity contribution in [3.05, 3.63) is 75.7 Å². The summed E-state index contributed by atoms with van der Waals surface area (Å²) in [5, 5.41) is 3.03. The number of aryl methyl sites for hydroxylation is 1. The maximum absolute atomic E-state index is 13.0. The minimum Gasteiger partial charge on any atom is -0.493 e. The molecule has 1 aromatic heterocycles. The second-order valence-corrected chi connectivity index (χ2v) is 12.2. The highest BCUT2D eigenvalue weighted by atomic mass is 32.1. The number of anilines is 1. The van der Waals surface area contributed by atoms with Crippen molar-refractivity contribution in [2.75, 3.05) is 11.9 Å². The number of rotatable bonds is 20. The number of para-hydroxylation sites is 1. The van der Waals surface area contributed by atoms with Crippen LogP contribution in [0.1, 0.15) is 117 Å². The predicted molar refractivity (Wildman–Crippen MR) is 170 cm³/mol. The number of nitrogens with one attached hydrogen (secondary N) is 1. The Morgan fingerprint density at radius 1 is 0.878 bits per heavy atom. The molecule has 0 unspecified atom stereocenters. The Bertz CT molecular complexity index is 1220. The number of thiazole rings is 1. The molecule has 3 aromatic rings. The zero-order chi connectivity index (χ0) is 29.3. The molecule has 1 heterocycles. The molecule has 0 aliphatic carbocycles. The minimum absolute atomic E-state index is 0.0502. The van der Waals surface area contributed by atoms with Crippen molar-refractivity contribution in [3.8, 4) is 5.75 Å². The molecule has 6 heteroatoms. The van der Waals surface area contributed by atoms with Crippen LogP contribution in [0.5, 0.6) is 5.75 Å². The van der Waals surface area contributed by atoms with Crippen molar-refractivity contribution in [2.24, 2.45) is 0 Å². The molecule has 41 heavy (non-hydrogen) atoms. The number of carbonyl (C=O) groups is 2. The highest BCUT2D eigenvalue weighted by molar-refractivity contribution is 7.09. The van der Waals surface area contributed by atoms with Crippen LogP contribution >= 0.6 is 11.3 Å². The first-order valence-corrected chi connectivity index (χ1v) is 16.4. The maximum atomic E-state index is 13.0. The normalized spacial score (nSPS) is 11.0. The van der Waals surface area contributed by atoms with Gasteiger partial charge < -0.3 is 10.1 Å². The molecular formula is C35H49N2O3S+. The summed E-state index contributed by atoms with van der Waals surface area (Å²) in [5.41, 5.74) is 5.27. The molecule has 0 spiro atoms. The molecule has 1 N–H and O–H groups in total. The molecule has 0 radical (unpaired) electrons. The van der Waals surface area contributed by atoms with Gasteiger partial charge in [0.2, 0.25) is 11.4 Å². The average Bonchev–Trinajstić information content (AvgIpc) is 3.36. The van der Waals surface area contributed by atoms with Crippen LogP contribution in [0.4, 0.5) is 5.69 Å². The number of ketones is 1. The fraction of sp³-hybridized carbons (Fsp3) is 0.514. The first kappa shape index (κ1) is 32.5.